The van der Waals surface area contributed by atoms with Gasteiger partial charge in [0.15, 0.2) is 0 Å². The van der Waals surface area contributed by atoms with E-state index in [1.165, 1.54) is 22.3 Å². The summed E-state index contributed by atoms with van der Waals surface area (Å²) in [6.07, 6.45) is 1.94. The molecule has 0 fully saturated rings. The molecule has 0 amide bonds. The predicted octanol–water partition coefficient (Wildman–Crippen LogP) is 2.35. The number of rotatable bonds is 0. The summed E-state index contributed by atoms with van der Waals surface area (Å²) in [4.78, 5) is 0. The fourth-order valence-corrected chi connectivity index (χ4v) is 2.38. The van der Waals surface area contributed by atoms with Crippen LogP contribution < -0.4 is 11.5 Å². The number of fused-ring (bicyclic) bond motifs is 2. The van der Waals surface area contributed by atoms with Gasteiger partial charge in [0.05, 0.1) is 0 Å². The van der Waals surface area contributed by atoms with Crippen LogP contribution in [-0.2, 0) is 12.8 Å². The highest BCUT2D eigenvalue weighted by Gasteiger charge is 2.15. The summed E-state index contributed by atoms with van der Waals surface area (Å²) in [5.74, 6) is 0. The maximum Gasteiger partial charge on any atom is 0.0317 e. The molecule has 0 bridgehead atoms. The quantitative estimate of drug-likeness (QED) is 0.559. The maximum absolute atomic E-state index is 5.81. The molecule has 2 nitrogen and oxygen atoms in total. The van der Waals surface area contributed by atoms with Gasteiger partial charge in [0, 0.05) is 11.4 Å². The summed E-state index contributed by atoms with van der Waals surface area (Å²) in [6.45, 7) is 0. The molecule has 3 rings (SSSR count). The third-order valence-corrected chi connectivity index (χ3v) is 3.22. The van der Waals surface area contributed by atoms with Crippen molar-refractivity contribution in [1.82, 2.24) is 0 Å². The van der Waals surface area contributed by atoms with Gasteiger partial charge in [-0.05, 0) is 59.4 Å². The third-order valence-electron chi connectivity index (χ3n) is 3.22. The van der Waals surface area contributed by atoms with Gasteiger partial charge in [0.1, 0.15) is 0 Å². The van der Waals surface area contributed by atoms with E-state index in [1.54, 1.807) is 0 Å². The second-order valence-electron chi connectivity index (χ2n) is 4.41. The number of anilines is 2. The van der Waals surface area contributed by atoms with Crippen molar-refractivity contribution < 1.29 is 0 Å². The van der Waals surface area contributed by atoms with Crippen molar-refractivity contribution in [2.45, 2.75) is 12.8 Å². The Bertz CT molecular complexity index is 507. The number of hydrogen-bond acceptors (Lipinski definition) is 2. The summed E-state index contributed by atoms with van der Waals surface area (Å²) < 4.78 is 0. The van der Waals surface area contributed by atoms with Crippen molar-refractivity contribution >= 4 is 11.4 Å². The van der Waals surface area contributed by atoms with Gasteiger partial charge in [-0.1, -0.05) is 12.1 Å². The minimum atomic E-state index is 0.845. The molecule has 4 N–H and O–H groups in total. The molecular formula is C14H14N2. The summed E-state index contributed by atoms with van der Waals surface area (Å²) in [6, 6.07) is 12.3. The molecule has 0 aliphatic heterocycles. The molecule has 2 heteroatoms. The Morgan fingerprint density at radius 1 is 0.625 bits per heavy atom. The molecule has 16 heavy (non-hydrogen) atoms. The normalized spacial score (nSPS) is 13.0. The van der Waals surface area contributed by atoms with Crippen molar-refractivity contribution in [3.05, 3.63) is 58.7 Å². The fraction of sp³-hybridized carbons (Fsp3) is 0.143. The first-order valence-corrected chi connectivity index (χ1v) is 5.47. The van der Waals surface area contributed by atoms with Crippen LogP contribution in [0.25, 0.3) is 0 Å². The van der Waals surface area contributed by atoms with Crippen LogP contribution in [0.1, 0.15) is 22.3 Å². The molecule has 0 unspecified atom stereocenters. The van der Waals surface area contributed by atoms with Crippen LogP contribution in [-0.4, -0.2) is 0 Å². The van der Waals surface area contributed by atoms with Crippen LogP contribution in [0.2, 0.25) is 0 Å². The average Bonchev–Trinajstić information content (AvgIpc) is 2.26. The van der Waals surface area contributed by atoms with E-state index in [1.807, 2.05) is 12.1 Å². The zero-order valence-corrected chi connectivity index (χ0v) is 9.03. The van der Waals surface area contributed by atoms with Gasteiger partial charge in [-0.3, -0.25) is 0 Å². The molecule has 2 aromatic rings. The lowest BCUT2D eigenvalue weighted by Gasteiger charge is -2.20. The highest BCUT2D eigenvalue weighted by Crippen LogP contribution is 2.29. The van der Waals surface area contributed by atoms with Gasteiger partial charge < -0.3 is 11.5 Å². The molecular weight excluding hydrogens is 196 g/mol. The molecule has 0 heterocycles. The van der Waals surface area contributed by atoms with E-state index in [2.05, 4.69) is 24.3 Å². The van der Waals surface area contributed by atoms with Crippen LogP contribution in [0.5, 0.6) is 0 Å². The monoisotopic (exact) mass is 210 g/mol. The Balaban J connectivity index is 2.09. The Morgan fingerprint density at radius 2 is 1.06 bits per heavy atom. The molecule has 2 aromatic carbocycles. The van der Waals surface area contributed by atoms with Gasteiger partial charge >= 0.3 is 0 Å². The third kappa shape index (κ3) is 1.43. The van der Waals surface area contributed by atoms with E-state index in [4.69, 9.17) is 11.5 Å². The molecule has 80 valence electrons. The molecule has 1 aliphatic rings. The van der Waals surface area contributed by atoms with E-state index < -0.39 is 0 Å². The first-order chi connectivity index (χ1) is 7.72. The van der Waals surface area contributed by atoms with E-state index in [0.29, 0.717) is 0 Å². The maximum atomic E-state index is 5.81. The molecule has 0 saturated heterocycles. The minimum absolute atomic E-state index is 0.845. The Hall–Kier alpha value is -1.96. The molecule has 1 aliphatic carbocycles. The standard InChI is InChI=1S/C14H14N2/c15-13-3-1-9-5-12-8-14(16)4-2-10(12)6-11(9)7-13/h1-4,7-8H,5-6,15-16H2. The van der Waals surface area contributed by atoms with Crippen molar-refractivity contribution in [3.63, 3.8) is 0 Å². The van der Waals surface area contributed by atoms with Gasteiger partial charge in [0.25, 0.3) is 0 Å². The largest absolute Gasteiger partial charge is 0.399 e. The lowest BCUT2D eigenvalue weighted by molar-refractivity contribution is 1.00. The number of benzene rings is 2. The van der Waals surface area contributed by atoms with Crippen LogP contribution in [0.3, 0.4) is 0 Å². The highest BCUT2D eigenvalue weighted by molar-refractivity contribution is 5.54. The van der Waals surface area contributed by atoms with E-state index in [-0.39, 0.29) is 0 Å². The van der Waals surface area contributed by atoms with E-state index >= 15 is 0 Å². The molecule has 0 spiro atoms. The Kier molecular flexibility index (Phi) is 1.90. The Morgan fingerprint density at radius 3 is 1.50 bits per heavy atom. The fourth-order valence-electron chi connectivity index (χ4n) is 2.38. The molecule has 0 atom stereocenters. The SMILES string of the molecule is Nc1ccc2c(c1)Cc1ccc(N)cc1C2. The number of nitrogens with two attached hydrogens (primary N) is 2. The smallest absolute Gasteiger partial charge is 0.0317 e. The van der Waals surface area contributed by atoms with Gasteiger partial charge in [-0.15, -0.1) is 0 Å². The van der Waals surface area contributed by atoms with Crippen molar-refractivity contribution in [2.24, 2.45) is 0 Å². The lowest BCUT2D eigenvalue weighted by atomic mass is 9.85. The summed E-state index contributed by atoms with van der Waals surface area (Å²) in [5, 5.41) is 0. The minimum Gasteiger partial charge on any atom is -0.399 e. The number of hydrogen-bond donors (Lipinski definition) is 2. The summed E-state index contributed by atoms with van der Waals surface area (Å²) in [7, 11) is 0. The molecule has 0 aromatic heterocycles. The first kappa shape index (κ1) is 9.28. The van der Waals surface area contributed by atoms with Crippen LogP contribution >= 0.6 is 0 Å². The first-order valence-electron chi connectivity index (χ1n) is 5.47. The van der Waals surface area contributed by atoms with Crippen LogP contribution in [0, 0.1) is 0 Å². The highest BCUT2D eigenvalue weighted by atomic mass is 14.5. The zero-order valence-electron chi connectivity index (χ0n) is 9.03. The van der Waals surface area contributed by atoms with Crippen molar-refractivity contribution in [3.8, 4) is 0 Å². The summed E-state index contributed by atoms with van der Waals surface area (Å²) >= 11 is 0. The van der Waals surface area contributed by atoms with E-state index in [0.717, 1.165) is 24.2 Å². The van der Waals surface area contributed by atoms with Gasteiger partial charge in [-0.25, -0.2) is 0 Å². The van der Waals surface area contributed by atoms with Crippen LogP contribution in [0.4, 0.5) is 11.4 Å². The average molecular weight is 210 g/mol. The van der Waals surface area contributed by atoms with Gasteiger partial charge in [0.2, 0.25) is 0 Å². The van der Waals surface area contributed by atoms with E-state index in [9.17, 15) is 0 Å². The molecule has 0 radical (unpaired) electrons. The lowest BCUT2D eigenvalue weighted by Crippen LogP contribution is -2.08. The second-order valence-corrected chi connectivity index (χ2v) is 4.41. The van der Waals surface area contributed by atoms with Crippen molar-refractivity contribution in [2.75, 3.05) is 11.5 Å². The van der Waals surface area contributed by atoms with Crippen molar-refractivity contribution in [1.29, 1.82) is 0 Å². The summed E-state index contributed by atoms with van der Waals surface area (Å²) in [5.41, 5.74) is 18.7. The van der Waals surface area contributed by atoms with Gasteiger partial charge in [-0.2, -0.15) is 0 Å². The predicted molar refractivity (Wildman–Crippen MR) is 67.3 cm³/mol. The Labute approximate surface area is 94.9 Å². The molecule has 0 saturated carbocycles. The second kappa shape index (κ2) is 3.27. The van der Waals surface area contributed by atoms with Crippen LogP contribution in [0.15, 0.2) is 36.4 Å². The number of nitrogen functional groups attached to an aromatic ring is 2. The topological polar surface area (TPSA) is 52.0 Å². The zero-order chi connectivity index (χ0) is 11.1.